The van der Waals surface area contributed by atoms with Crippen LogP contribution in [0.25, 0.3) is 5.52 Å². The first kappa shape index (κ1) is 11.5. The lowest BCUT2D eigenvalue weighted by Crippen LogP contribution is -2.18. The van der Waals surface area contributed by atoms with Gasteiger partial charge in [-0.25, -0.2) is 9.50 Å². The van der Waals surface area contributed by atoms with Crippen LogP contribution in [0.4, 0.5) is 5.82 Å². The molecule has 0 amide bonds. The summed E-state index contributed by atoms with van der Waals surface area (Å²) in [6, 6.07) is 2.27. The number of aryl methyl sites for hydroxylation is 1. The molecule has 0 aromatic carbocycles. The molecule has 0 bridgehead atoms. The van der Waals surface area contributed by atoms with Crippen molar-refractivity contribution in [3.8, 4) is 12.3 Å². The van der Waals surface area contributed by atoms with Crippen LogP contribution in [0, 0.1) is 19.3 Å². The van der Waals surface area contributed by atoms with Gasteiger partial charge in [0.15, 0.2) is 5.82 Å². The molecule has 2 aromatic heterocycles. The molecule has 0 fully saturated rings. The van der Waals surface area contributed by atoms with E-state index in [1.165, 1.54) is 0 Å². The molecule has 2 rings (SSSR count). The highest BCUT2D eigenvalue weighted by Gasteiger charge is 2.09. The Morgan fingerprint density at radius 3 is 3.12 bits per heavy atom. The summed E-state index contributed by atoms with van der Waals surface area (Å²) in [6.07, 6.45) is 10.6. The van der Waals surface area contributed by atoms with Gasteiger partial charge in [-0.2, -0.15) is 5.10 Å². The molecule has 1 atom stereocenters. The predicted octanol–water partition coefficient (Wildman–Crippen LogP) is 2.25. The number of nitrogens with one attached hydrogen (secondary N) is 1. The maximum absolute atomic E-state index is 5.35. The molecule has 0 saturated heterocycles. The van der Waals surface area contributed by atoms with Crippen LogP contribution in [-0.2, 0) is 0 Å². The first-order valence-corrected chi connectivity index (χ1v) is 5.75. The van der Waals surface area contributed by atoms with Crippen LogP contribution in [-0.4, -0.2) is 20.6 Å². The third-order valence-corrected chi connectivity index (χ3v) is 2.71. The molecule has 4 nitrogen and oxygen atoms in total. The minimum Gasteiger partial charge on any atom is -0.365 e. The minimum absolute atomic E-state index is 0.258. The Morgan fingerprint density at radius 2 is 2.41 bits per heavy atom. The van der Waals surface area contributed by atoms with E-state index in [0.717, 1.165) is 23.4 Å². The molecule has 1 unspecified atom stereocenters. The predicted molar refractivity (Wildman–Crippen MR) is 68.9 cm³/mol. The first-order chi connectivity index (χ1) is 8.24. The molecule has 0 radical (unpaired) electrons. The van der Waals surface area contributed by atoms with Gasteiger partial charge in [0.05, 0.1) is 5.69 Å². The minimum atomic E-state index is 0.258. The average molecular weight is 228 g/mol. The topological polar surface area (TPSA) is 42.2 Å². The Labute approximate surface area is 101 Å². The van der Waals surface area contributed by atoms with Gasteiger partial charge in [-0.3, -0.25) is 0 Å². The van der Waals surface area contributed by atoms with Gasteiger partial charge in [-0.15, -0.1) is 12.3 Å². The Bertz CT molecular complexity index is 550. The lowest BCUT2D eigenvalue weighted by molar-refractivity contribution is 0.711. The van der Waals surface area contributed by atoms with Crippen molar-refractivity contribution in [3.63, 3.8) is 0 Å². The summed E-state index contributed by atoms with van der Waals surface area (Å²) >= 11 is 0. The van der Waals surface area contributed by atoms with E-state index in [-0.39, 0.29) is 6.04 Å². The summed E-state index contributed by atoms with van der Waals surface area (Å²) in [5.74, 6) is 3.52. The van der Waals surface area contributed by atoms with Gasteiger partial charge in [0, 0.05) is 24.9 Å². The SMILES string of the molecule is C#CCC(CC)Nc1nccn2nc(C)cc12. The molecule has 0 aliphatic heterocycles. The maximum atomic E-state index is 5.35. The van der Waals surface area contributed by atoms with E-state index in [1.54, 1.807) is 6.20 Å². The second-order valence-electron chi connectivity index (χ2n) is 4.05. The zero-order chi connectivity index (χ0) is 12.3. The van der Waals surface area contributed by atoms with Crippen LogP contribution in [0.5, 0.6) is 0 Å². The van der Waals surface area contributed by atoms with E-state index in [1.807, 2.05) is 23.7 Å². The molecule has 1 N–H and O–H groups in total. The highest BCUT2D eigenvalue weighted by Crippen LogP contribution is 2.16. The molecule has 0 spiro atoms. The normalized spacial score (nSPS) is 12.3. The number of aromatic nitrogens is 3. The second-order valence-corrected chi connectivity index (χ2v) is 4.05. The summed E-state index contributed by atoms with van der Waals surface area (Å²) in [5.41, 5.74) is 1.96. The smallest absolute Gasteiger partial charge is 0.152 e. The van der Waals surface area contributed by atoms with Crippen molar-refractivity contribution < 1.29 is 0 Å². The van der Waals surface area contributed by atoms with Gasteiger partial charge in [-0.05, 0) is 19.4 Å². The van der Waals surface area contributed by atoms with Crippen LogP contribution in [0.2, 0.25) is 0 Å². The van der Waals surface area contributed by atoms with Crippen LogP contribution < -0.4 is 5.32 Å². The van der Waals surface area contributed by atoms with Crippen molar-refractivity contribution in [2.45, 2.75) is 32.7 Å². The fraction of sp³-hybridized carbons (Fsp3) is 0.385. The van der Waals surface area contributed by atoms with E-state index in [4.69, 9.17) is 6.42 Å². The van der Waals surface area contributed by atoms with Gasteiger partial charge in [0.25, 0.3) is 0 Å². The zero-order valence-corrected chi connectivity index (χ0v) is 10.1. The molecule has 0 aliphatic rings. The number of rotatable bonds is 4. The van der Waals surface area contributed by atoms with Crippen molar-refractivity contribution >= 4 is 11.3 Å². The van der Waals surface area contributed by atoms with Crippen LogP contribution >= 0.6 is 0 Å². The summed E-state index contributed by atoms with van der Waals surface area (Å²) in [7, 11) is 0. The maximum Gasteiger partial charge on any atom is 0.152 e. The molecule has 0 saturated carbocycles. The Kier molecular flexibility index (Phi) is 3.29. The summed E-state index contributed by atoms with van der Waals surface area (Å²) < 4.78 is 1.83. The van der Waals surface area contributed by atoms with Gasteiger partial charge in [0.2, 0.25) is 0 Å². The van der Waals surface area contributed by atoms with Crippen molar-refractivity contribution in [1.29, 1.82) is 0 Å². The number of terminal acetylenes is 1. The first-order valence-electron chi connectivity index (χ1n) is 5.75. The van der Waals surface area contributed by atoms with Crippen molar-refractivity contribution in [3.05, 3.63) is 24.2 Å². The third-order valence-electron chi connectivity index (χ3n) is 2.71. The van der Waals surface area contributed by atoms with Crippen molar-refractivity contribution in [2.24, 2.45) is 0 Å². The van der Waals surface area contributed by atoms with Crippen molar-refractivity contribution in [2.75, 3.05) is 5.32 Å². The second kappa shape index (κ2) is 4.88. The van der Waals surface area contributed by atoms with Crippen LogP contribution in [0.1, 0.15) is 25.5 Å². The van der Waals surface area contributed by atoms with Gasteiger partial charge in [0.1, 0.15) is 5.52 Å². The fourth-order valence-electron chi connectivity index (χ4n) is 1.79. The summed E-state index contributed by atoms with van der Waals surface area (Å²) in [5, 5.41) is 7.72. The van der Waals surface area contributed by atoms with E-state index >= 15 is 0 Å². The fourth-order valence-corrected chi connectivity index (χ4v) is 1.79. The van der Waals surface area contributed by atoms with Crippen molar-refractivity contribution in [1.82, 2.24) is 14.6 Å². The molecular weight excluding hydrogens is 212 g/mol. The number of anilines is 1. The van der Waals surface area contributed by atoms with E-state index in [0.29, 0.717) is 6.42 Å². The molecule has 2 heterocycles. The Hall–Kier alpha value is -2.02. The van der Waals surface area contributed by atoms with E-state index in [2.05, 4.69) is 28.2 Å². The quantitative estimate of drug-likeness (QED) is 0.816. The molecule has 4 heteroatoms. The van der Waals surface area contributed by atoms with Crippen LogP contribution in [0.15, 0.2) is 18.5 Å². The third kappa shape index (κ3) is 2.39. The van der Waals surface area contributed by atoms with E-state index < -0.39 is 0 Å². The molecule has 17 heavy (non-hydrogen) atoms. The van der Waals surface area contributed by atoms with Crippen LogP contribution in [0.3, 0.4) is 0 Å². The average Bonchev–Trinajstić information content (AvgIpc) is 2.70. The highest BCUT2D eigenvalue weighted by atomic mass is 15.2. The van der Waals surface area contributed by atoms with E-state index in [9.17, 15) is 0 Å². The molecular formula is C13H16N4. The molecule has 2 aromatic rings. The van der Waals surface area contributed by atoms with Gasteiger partial charge >= 0.3 is 0 Å². The van der Waals surface area contributed by atoms with Gasteiger partial charge < -0.3 is 5.32 Å². The number of fused-ring (bicyclic) bond motifs is 1. The Morgan fingerprint density at radius 1 is 1.59 bits per heavy atom. The molecule has 88 valence electrons. The van der Waals surface area contributed by atoms with Gasteiger partial charge in [-0.1, -0.05) is 6.92 Å². The monoisotopic (exact) mass is 228 g/mol. The standard InChI is InChI=1S/C13H16N4/c1-4-6-11(5-2)15-13-12-9-10(3)16-17(12)8-7-14-13/h1,7-9,11H,5-6H2,2-3H3,(H,14,15). The number of hydrogen-bond acceptors (Lipinski definition) is 3. The Balaban J connectivity index is 2.32. The highest BCUT2D eigenvalue weighted by molar-refractivity contribution is 5.68. The lowest BCUT2D eigenvalue weighted by atomic mass is 10.1. The number of hydrogen-bond donors (Lipinski definition) is 1. The lowest BCUT2D eigenvalue weighted by Gasteiger charge is -2.15. The number of nitrogens with zero attached hydrogens (tertiary/aromatic N) is 3. The summed E-state index contributed by atoms with van der Waals surface area (Å²) in [6.45, 7) is 4.08. The zero-order valence-electron chi connectivity index (χ0n) is 10.1. The largest absolute Gasteiger partial charge is 0.365 e. The molecule has 0 aliphatic carbocycles. The summed E-state index contributed by atoms with van der Waals surface area (Å²) in [4.78, 5) is 4.35.